The molecular formula is C18H14F2N2OS. The topological polar surface area (TPSA) is 42.0 Å². The van der Waals surface area contributed by atoms with Gasteiger partial charge in [0, 0.05) is 23.8 Å². The van der Waals surface area contributed by atoms with E-state index in [0.717, 1.165) is 24.1 Å². The number of carbonyl (C=O) groups is 1. The number of nitrogens with one attached hydrogen (secondary N) is 1. The van der Waals surface area contributed by atoms with Gasteiger partial charge in [-0.05, 0) is 53.9 Å². The average molecular weight is 344 g/mol. The molecule has 0 aliphatic heterocycles. The molecule has 1 amide bonds. The third kappa shape index (κ3) is 3.83. The molecule has 0 aliphatic rings. The number of nitrogens with zero attached hydrogens (tertiary/aromatic N) is 1. The van der Waals surface area contributed by atoms with Gasteiger partial charge < -0.3 is 5.32 Å². The molecule has 0 radical (unpaired) electrons. The third-order valence-electron chi connectivity index (χ3n) is 3.48. The van der Waals surface area contributed by atoms with E-state index >= 15 is 0 Å². The molecule has 3 aromatic rings. The Kier molecular flexibility index (Phi) is 4.96. The molecule has 0 unspecified atom stereocenters. The van der Waals surface area contributed by atoms with Crippen molar-refractivity contribution in [1.29, 1.82) is 0 Å². The minimum Gasteiger partial charge on any atom is -0.351 e. The van der Waals surface area contributed by atoms with Gasteiger partial charge in [-0.15, -0.1) is 11.3 Å². The van der Waals surface area contributed by atoms with Gasteiger partial charge in [0.2, 0.25) is 0 Å². The number of amides is 1. The van der Waals surface area contributed by atoms with E-state index in [9.17, 15) is 13.6 Å². The molecule has 0 atom stereocenters. The maximum atomic E-state index is 13.3. The molecule has 0 bridgehead atoms. The van der Waals surface area contributed by atoms with Crippen molar-refractivity contribution in [3.8, 4) is 10.4 Å². The third-order valence-corrected chi connectivity index (χ3v) is 4.62. The van der Waals surface area contributed by atoms with Crippen LogP contribution in [0, 0.1) is 11.6 Å². The van der Waals surface area contributed by atoms with Gasteiger partial charge in [-0.25, -0.2) is 8.78 Å². The largest absolute Gasteiger partial charge is 0.351 e. The summed E-state index contributed by atoms with van der Waals surface area (Å²) in [6.45, 7) is 0.515. The van der Waals surface area contributed by atoms with Crippen molar-refractivity contribution in [1.82, 2.24) is 10.3 Å². The standard InChI is InChI=1S/C18H14F2N2OS/c19-14-2-1-13(11-15(14)20)16-3-4-17(24-16)18(23)22-10-7-12-5-8-21-9-6-12/h1-6,8-9,11H,7,10H2,(H,22,23). The first-order valence-electron chi connectivity index (χ1n) is 7.36. The molecule has 3 rings (SSSR count). The predicted octanol–water partition coefficient (Wildman–Crippen LogP) is 4.06. The van der Waals surface area contributed by atoms with Gasteiger partial charge in [0.05, 0.1) is 4.88 Å². The molecule has 122 valence electrons. The molecule has 0 fully saturated rings. The fraction of sp³-hybridized carbons (Fsp3) is 0.111. The molecule has 0 saturated carbocycles. The highest BCUT2D eigenvalue weighted by atomic mass is 32.1. The van der Waals surface area contributed by atoms with Crippen LogP contribution in [0.5, 0.6) is 0 Å². The number of halogens is 2. The summed E-state index contributed by atoms with van der Waals surface area (Å²) in [7, 11) is 0. The van der Waals surface area contributed by atoms with Crippen LogP contribution in [-0.4, -0.2) is 17.4 Å². The molecule has 2 heterocycles. The first-order valence-corrected chi connectivity index (χ1v) is 8.17. The Bertz CT molecular complexity index is 849. The number of pyridine rings is 1. The number of hydrogen-bond donors (Lipinski definition) is 1. The fourth-order valence-electron chi connectivity index (χ4n) is 2.22. The predicted molar refractivity (Wildman–Crippen MR) is 89.9 cm³/mol. The van der Waals surface area contributed by atoms with E-state index in [0.29, 0.717) is 21.9 Å². The minimum atomic E-state index is -0.899. The number of thiophene rings is 1. The zero-order valence-corrected chi connectivity index (χ0v) is 13.4. The zero-order valence-electron chi connectivity index (χ0n) is 12.6. The van der Waals surface area contributed by atoms with Crippen LogP contribution in [0.25, 0.3) is 10.4 Å². The molecule has 24 heavy (non-hydrogen) atoms. The minimum absolute atomic E-state index is 0.178. The molecule has 1 aromatic carbocycles. The molecule has 2 aromatic heterocycles. The van der Waals surface area contributed by atoms with Crippen LogP contribution < -0.4 is 5.32 Å². The van der Waals surface area contributed by atoms with Crippen LogP contribution in [0.3, 0.4) is 0 Å². The summed E-state index contributed by atoms with van der Waals surface area (Å²) >= 11 is 1.24. The highest BCUT2D eigenvalue weighted by molar-refractivity contribution is 7.17. The average Bonchev–Trinajstić information content (AvgIpc) is 3.08. The highest BCUT2D eigenvalue weighted by Crippen LogP contribution is 2.29. The van der Waals surface area contributed by atoms with E-state index in [4.69, 9.17) is 0 Å². The van der Waals surface area contributed by atoms with Crippen molar-refractivity contribution in [3.63, 3.8) is 0 Å². The Morgan fingerprint density at radius 3 is 2.58 bits per heavy atom. The molecule has 0 saturated heterocycles. The second kappa shape index (κ2) is 7.31. The van der Waals surface area contributed by atoms with Gasteiger partial charge >= 0.3 is 0 Å². The quantitative estimate of drug-likeness (QED) is 0.758. The lowest BCUT2D eigenvalue weighted by atomic mass is 10.2. The van der Waals surface area contributed by atoms with E-state index in [2.05, 4.69) is 10.3 Å². The normalized spacial score (nSPS) is 10.6. The Hall–Kier alpha value is -2.60. The fourth-order valence-corrected chi connectivity index (χ4v) is 3.14. The van der Waals surface area contributed by atoms with E-state index in [1.165, 1.54) is 17.4 Å². The second-order valence-electron chi connectivity index (χ2n) is 5.15. The van der Waals surface area contributed by atoms with E-state index in [1.54, 1.807) is 24.5 Å². The first kappa shape index (κ1) is 16.3. The number of aromatic nitrogens is 1. The van der Waals surface area contributed by atoms with Crippen LogP contribution in [0.2, 0.25) is 0 Å². The Balaban J connectivity index is 1.62. The lowest BCUT2D eigenvalue weighted by molar-refractivity contribution is 0.0958. The monoisotopic (exact) mass is 344 g/mol. The van der Waals surface area contributed by atoms with Crippen molar-refractivity contribution in [2.24, 2.45) is 0 Å². The van der Waals surface area contributed by atoms with Gasteiger partial charge in [-0.1, -0.05) is 6.07 Å². The SMILES string of the molecule is O=C(NCCc1ccncc1)c1ccc(-c2ccc(F)c(F)c2)s1. The van der Waals surface area contributed by atoms with Gasteiger partial charge in [-0.2, -0.15) is 0 Å². The zero-order chi connectivity index (χ0) is 16.9. The summed E-state index contributed by atoms with van der Waals surface area (Å²) in [6, 6.07) is 10.9. The summed E-state index contributed by atoms with van der Waals surface area (Å²) in [4.78, 5) is 17.3. The molecule has 0 aliphatic carbocycles. The van der Waals surface area contributed by atoms with Crippen LogP contribution in [0.4, 0.5) is 8.78 Å². The number of benzene rings is 1. The van der Waals surface area contributed by atoms with Crippen LogP contribution >= 0.6 is 11.3 Å². The highest BCUT2D eigenvalue weighted by Gasteiger charge is 2.11. The van der Waals surface area contributed by atoms with Crippen LogP contribution in [0.1, 0.15) is 15.2 Å². The van der Waals surface area contributed by atoms with Gasteiger partial charge in [-0.3, -0.25) is 9.78 Å². The Morgan fingerprint density at radius 1 is 1.04 bits per heavy atom. The maximum Gasteiger partial charge on any atom is 0.261 e. The van der Waals surface area contributed by atoms with E-state index in [-0.39, 0.29) is 5.91 Å². The number of carbonyl (C=O) groups excluding carboxylic acids is 1. The molecule has 6 heteroatoms. The van der Waals surface area contributed by atoms with Crippen LogP contribution in [0.15, 0.2) is 54.9 Å². The van der Waals surface area contributed by atoms with Crippen molar-refractivity contribution in [2.45, 2.75) is 6.42 Å². The van der Waals surface area contributed by atoms with Crippen LogP contribution in [-0.2, 0) is 6.42 Å². The maximum absolute atomic E-state index is 13.3. The molecule has 3 nitrogen and oxygen atoms in total. The summed E-state index contributed by atoms with van der Waals surface area (Å²) in [5.74, 6) is -1.96. The summed E-state index contributed by atoms with van der Waals surface area (Å²) < 4.78 is 26.3. The van der Waals surface area contributed by atoms with Crippen molar-refractivity contribution >= 4 is 17.2 Å². The Morgan fingerprint density at radius 2 is 1.83 bits per heavy atom. The second-order valence-corrected chi connectivity index (χ2v) is 6.24. The van der Waals surface area contributed by atoms with E-state index in [1.807, 2.05) is 12.1 Å². The molecule has 0 spiro atoms. The van der Waals surface area contributed by atoms with Crippen molar-refractivity contribution < 1.29 is 13.6 Å². The summed E-state index contributed by atoms with van der Waals surface area (Å²) in [5.41, 5.74) is 1.65. The molecule has 1 N–H and O–H groups in total. The summed E-state index contributed by atoms with van der Waals surface area (Å²) in [6.07, 6.45) is 4.14. The lowest BCUT2D eigenvalue weighted by Crippen LogP contribution is -2.24. The van der Waals surface area contributed by atoms with Crippen molar-refractivity contribution in [2.75, 3.05) is 6.54 Å². The smallest absolute Gasteiger partial charge is 0.261 e. The number of rotatable bonds is 5. The van der Waals surface area contributed by atoms with Gasteiger partial charge in [0.1, 0.15) is 0 Å². The first-order chi connectivity index (χ1) is 11.6. The van der Waals surface area contributed by atoms with E-state index < -0.39 is 11.6 Å². The lowest BCUT2D eigenvalue weighted by Gasteiger charge is -2.03. The van der Waals surface area contributed by atoms with Gasteiger partial charge in [0.15, 0.2) is 11.6 Å². The Labute approximate surface area is 142 Å². The summed E-state index contributed by atoms with van der Waals surface area (Å²) in [5, 5.41) is 2.85. The van der Waals surface area contributed by atoms with Crippen molar-refractivity contribution in [3.05, 3.63) is 76.9 Å². The molecular weight excluding hydrogens is 330 g/mol. The number of hydrogen-bond acceptors (Lipinski definition) is 3. The van der Waals surface area contributed by atoms with Gasteiger partial charge in [0.25, 0.3) is 5.91 Å².